The quantitative estimate of drug-likeness (QED) is 0.334. The van der Waals surface area contributed by atoms with E-state index in [9.17, 15) is 10.1 Å². The number of amides is 1. The molecule has 0 unspecified atom stereocenters. The van der Waals surface area contributed by atoms with Gasteiger partial charge in [-0.25, -0.2) is 0 Å². The van der Waals surface area contributed by atoms with E-state index in [1.807, 2.05) is 60.7 Å². The van der Waals surface area contributed by atoms with E-state index in [1.54, 1.807) is 19.2 Å². The molecule has 1 aliphatic heterocycles. The molecule has 5 rings (SSSR count). The van der Waals surface area contributed by atoms with Gasteiger partial charge in [-0.2, -0.15) is 5.26 Å². The molecule has 4 aromatic rings. The van der Waals surface area contributed by atoms with Gasteiger partial charge in [0, 0.05) is 17.7 Å². The maximum atomic E-state index is 12.8. The zero-order chi connectivity index (χ0) is 26.0. The van der Waals surface area contributed by atoms with Crippen LogP contribution in [0.1, 0.15) is 30.5 Å². The number of methoxy groups -OCH3 is 1. The molecule has 0 atom stereocenters. The van der Waals surface area contributed by atoms with Crippen LogP contribution in [0.5, 0.6) is 5.75 Å². The molecule has 2 N–H and O–H groups in total. The Kier molecular flexibility index (Phi) is 6.74. The second kappa shape index (κ2) is 10.1. The Morgan fingerprint density at radius 3 is 2.68 bits per heavy atom. The summed E-state index contributed by atoms with van der Waals surface area (Å²) < 4.78 is 13.2. The summed E-state index contributed by atoms with van der Waals surface area (Å²) in [5.74, 6) is 1.02. The van der Waals surface area contributed by atoms with E-state index in [1.165, 1.54) is 11.8 Å². The number of pyridine rings is 1. The molecule has 1 aliphatic rings. The zero-order valence-electron chi connectivity index (χ0n) is 20.7. The molecule has 2 aromatic carbocycles. The first-order chi connectivity index (χ1) is 17.9. The second-order valence-corrected chi connectivity index (χ2v) is 10.1. The molecule has 188 valence electrons. The number of rotatable bonds is 7. The van der Waals surface area contributed by atoms with E-state index < -0.39 is 5.60 Å². The Hall–Kier alpha value is -4.07. The highest BCUT2D eigenvalue weighted by atomic mass is 32.2. The first-order valence-electron chi connectivity index (χ1n) is 11.7. The largest absolute Gasteiger partial charge is 0.495 e. The summed E-state index contributed by atoms with van der Waals surface area (Å²) in [4.78, 5) is 12.8. The fourth-order valence-corrected chi connectivity index (χ4v) is 5.09. The van der Waals surface area contributed by atoms with Crippen LogP contribution in [0.2, 0.25) is 0 Å². The summed E-state index contributed by atoms with van der Waals surface area (Å²) in [7, 11) is 1.56. The van der Waals surface area contributed by atoms with Gasteiger partial charge in [0.1, 0.15) is 17.6 Å². The number of carbonyl (C=O) groups is 1. The Bertz CT molecular complexity index is 1510. The number of fused-ring (bicyclic) bond motifs is 3. The number of hydrogen-bond donors (Lipinski definition) is 2. The molecule has 0 saturated carbocycles. The molecule has 10 heteroatoms. The monoisotopic (exact) mass is 514 g/mol. The van der Waals surface area contributed by atoms with E-state index in [4.69, 9.17) is 9.47 Å². The van der Waals surface area contributed by atoms with Gasteiger partial charge in [0.05, 0.1) is 36.3 Å². The molecule has 0 fully saturated rings. The van der Waals surface area contributed by atoms with E-state index in [2.05, 4.69) is 26.9 Å². The van der Waals surface area contributed by atoms with Crippen molar-refractivity contribution in [3.05, 3.63) is 71.3 Å². The van der Waals surface area contributed by atoms with Gasteiger partial charge in [0.25, 0.3) is 0 Å². The number of anilines is 3. The molecule has 1 amide bonds. The highest BCUT2D eigenvalue weighted by Gasteiger charge is 2.33. The van der Waals surface area contributed by atoms with Crippen molar-refractivity contribution in [3.63, 3.8) is 0 Å². The normalized spacial score (nSPS) is 14.0. The Balaban J connectivity index is 1.53. The third-order valence-electron chi connectivity index (χ3n) is 6.10. The van der Waals surface area contributed by atoms with Crippen LogP contribution < -0.4 is 15.4 Å². The summed E-state index contributed by atoms with van der Waals surface area (Å²) in [5.41, 5.74) is 3.88. The lowest BCUT2D eigenvalue weighted by molar-refractivity contribution is -0.113. The second-order valence-electron chi connectivity index (χ2n) is 9.19. The minimum Gasteiger partial charge on any atom is -0.495 e. The van der Waals surface area contributed by atoms with Crippen molar-refractivity contribution in [1.82, 2.24) is 14.6 Å². The topological polar surface area (TPSA) is 114 Å². The SMILES string of the molecule is COc1ccccc1NC(=O)CSc1nnc2c3c(c(C#N)c(Nc4ccccc4)n12)CC(C)(C)OC3. The van der Waals surface area contributed by atoms with E-state index in [-0.39, 0.29) is 11.7 Å². The average Bonchev–Trinajstić information content (AvgIpc) is 3.32. The number of nitrogens with one attached hydrogen (secondary N) is 2. The summed E-state index contributed by atoms with van der Waals surface area (Å²) in [6.07, 6.45) is 0.571. The highest BCUT2D eigenvalue weighted by Crippen LogP contribution is 2.38. The number of ether oxygens (including phenoxy) is 2. The van der Waals surface area contributed by atoms with E-state index >= 15 is 0 Å². The molecule has 0 spiro atoms. The molecule has 0 aliphatic carbocycles. The van der Waals surface area contributed by atoms with Gasteiger partial charge < -0.3 is 20.1 Å². The fourth-order valence-electron chi connectivity index (χ4n) is 4.35. The van der Waals surface area contributed by atoms with Crippen LogP contribution in [0, 0.1) is 11.3 Å². The molecule has 9 nitrogen and oxygen atoms in total. The Morgan fingerprint density at radius 2 is 1.92 bits per heavy atom. The lowest BCUT2D eigenvalue weighted by Crippen LogP contribution is -2.33. The van der Waals surface area contributed by atoms with Crippen molar-refractivity contribution < 1.29 is 14.3 Å². The minimum atomic E-state index is -0.408. The van der Waals surface area contributed by atoms with Crippen LogP contribution in [0.3, 0.4) is 0 Å². The lowest BCUT2D eigenvalue weighted by atomic mass is 9.89. The minimum absolute atomic E-state index is 0.0894. The number of carbonyl (C=O) groups excluding carboxylic acids is 1. The Labute approximate surface area is 218 Å². The molecule has 0 bridgehead atoms. The van der Waals surface area contributed by atoms with E-state index in [0.29, 0.717) is 46.6 Å². The smallest absolute Gasteiger partial charge is 0.234 e. The predicted octanol–water partition coefficient (Wildman–Crippen LogP) is 4.94. The average molecular weight is 515 g/mol. The molecular formula is C27H26N6O3S. The van der Waals surface area contributed by atoms with E-state index in [0.717, 1.165) is 16.8 Å². The summed E-state index contributed by atoms with van der Waals surface area (Å²) >= 11 is 1.24. The maximum absolute atomic E-state index is 12.8. The van der Waals surface area contributed by atoms with Crippen molar-refractivity contribution in [2.45, 2.75) is 37.6 Å². The van der Waals surface area contributed by atoms with Gasteiger partial charge in [0.15, 0.2) is 10.8 Å². The fraction of sp³-hybridized carbons (Fsp3) is 0.259. The molecule has 2 aromatic heterocycles. The number of nitrogens with zero attached hydrogens (tertiary/aromatic N) is 4. The van der Waals surface area contributed by atoms with Crippen molar-refractivity contribution in [2.24, 2.45) is 0 Å². The number of para-hydroxylation sites is 3. The van der Waals surface area contributed by atoms with Gasteiger partial charge in [0.2, 0.25) is 5.91 Å². The van der Waals surface area contributed by atoms with Crippen molar-refractivity contribution >= 4 is 40.5 Å². The number of aromatic nitrogens is 3. The highest BCUT2D eigenvalue weighted by molar-refractivity contribution is 7.99. The number of benzene rings is 2. The van der Waals surface area contributed by atoms with Gasteiger partial charge in [-0.1, -0.05) is 42.1 Å². The van der Waals surface area contributed by atoms with Crippen molar-refractivity contribution in [3.8, 4) is 11.8 Å². The van der Waals surface area contributed by atoms with Crippen molar-refractivity contribution in [2.75, 3.05) is 23.5 Å². The first-order valence-corrected chi connectivity index (χ1v) is 12.7. The number of nitriles is 1. The maximum Gasteiger partial charge on any atom is 0.234 e. The van der Waals surface area contributed by atoms with Crippen molar-refractivity contribution in [1.29, 1.82) is 5.26 Å². The van der Waals surface area contributed by atoms with Gasteiger partial charge in [-0.3, -0.25) is 9.20 Å². The number of hydrogen-bond acceptors (Lipinski definition) is 8. The van der Waals surface area contributed by atoms with Crippen LogP contribution >= 0.6 is 11.8 Å². The first kappa shape index (κ1) is 24.6. The molecule has 0 radical (unpaired) electrons. The molecular weight excluding hydrogens is 488 g/mol. The van der Waals surface area contributed by atoms with Crippen LogP contribution in [-0.2, 0) is 22.6 Å². The lowest BCUT2D eigenvalue weighted by Gasteiger charge is -2.33. The zero-order valence-corrected chi connectivity index (χ0v) is 21.6. The Morgan fingerprint density at radius 1 is 1.16 bits per heavy atom. The summed E-state index contributed by atoms with van der Waals surface area (Å²) in [6, 6.07) is 19.3. The van der Waals surface area contributed by atoms with Gasteiger partial charge >= 0.3 is 0 Å². The van der Waals surface area contributed by atoms with Crippen LogP contribution in [-0.4, -0.2) is 39.0 Å². The van der Waals surface area contributed by atoms with Gasteiger partial charge in [-0.05, 0) is 43.7 Å². The molecule has 0 saturated heterocycles. The number of thioether (sulfide) groups is 1. The standard InChI is InChI=1S/C27H26N6O3S/c1-27(2)13-18-19(14-28)24(29-17-9-5-4-6-10-17)33-25(20(18)15-36-27)31-32-26(33)37-16-23(34)30-21-11-7-8-12-22(21)35-3/h4-12,29H,13,15-16H2,1-3H3,(H,30,34). The molecule has 37 heavy (non-hydrogen) atoms. The van der Waals surface area contributed by atoms with Crippen LogP contribution in [0.15, 0.2) is 59.8 Å². The third-order valence-corrected chi connectivity index (χ3v) is 7.03. The predicted molar refractivity (Wildman–Crippen MR) is 142 cm³/mol. The summed E-state index contributed by atoms with van der Waals surface area (Å²) in [6.45, 7) is 4.34. The summed E-state index contributed by atoms with van der Waals surface area (Å²) in [5, 5.41) is 25.9. The van der Waals surface area contributed by atoms with Gasteiger partial charge in [-0.15, -0.1) is 10.2 Å². The third kappa shape index (κ3) is 4.96. The molecule has 3 heterocycles. The van der Waals surface area contributed by atoms with Crippen LogP contribution in [0.4, 0.5) is 17.2 Å². The van der Waals surface area contributed by atoms with Crippen LogP contribution in [0.25, 0.3) is 5.65 Å².